The van der Waals surface area contributed by atoms with E-state index in [1.807, 2.05) is 6.92 Å². The molecule has 0 spiro atoms. The van der Waals surface area contributed by atoms with Gasteiger partial charge in [-0.3, -0.25) is 0 Å². The van der Waals surface area contributed by atoms with E-state index in [1.165, 1.54) is 6.33 Å². The topological polar surface area (TPSA) is 41.0 Å². The van der Waals surface area contributed by atoms with Gasteiger partial charge in [0.15, 0.2) is 11.6 Å². The molecule has 1 aliphatic heterocycles. The van der Waals surface area contributed by atoms with Crippen LogP contribution < -0.4 is 10.2 Å². The van der Waals surface area contributed by atoms with Crippen LogP contribution in [0.5, 0.6) is 0 Å². The van der Waals surface area contributed by atoms with Gasteiger partial charge in [-0.15, -0.1) is 0 Å². The Morgan fingerprint density at radius 2 is 2.26 bits per heavy atom. The Labute approximate surface area is 114 Å². The van der Waals surface area contributed by atoms with Crippen LogP contribution in [0.15, 0.2) is 6.33 Å². The van der Waals surface area contributed by atoms with Crippen molar-refractivity contribution in [3.8, 4) is 0 Å². The molecule has 19 heavy (non-hydrogen) atoms. The second-order valence-corrected chi connectivity index (χ2v) is 5.01. The number of hydrogen-bond donors (Lipinski definition) is 1. The Balaban J connectivity index is 2.11. The van der Waals surface area contributed by atoms with Crippen molar-refractivity contribution in [2.45, 2.75) is 45.6 Å². The number of aryl methyl sites for hydroxylation is 1. The van der Waals surface area contributed by atoms with Crippen LogP contribution in [-0.2, 0) is 6.42 Å². The third kappa shape index (κ3) is 3.21. The Kier molecular flexibility index (Phi) is 5.07. The monoisotopic (exact) mass is 266 g/mol. The summed E-state index contributed by atoms with van der Waals surface area (Å²) in [6.07, 6.45) is 5.40. The molecule has 1 fully saturated rings. The largest absolute Gasteiger partial charge is 0.350 e. The molecule has 106 valence electrons. The first kappa shape index (κ1) is 14.2. The lowest BCUT2D eigenvalue weighted by molar-refractivity contribution is 0.545. The van der Waals surface area contributed by atoms with Gasteiger partial charge in [0.2, 0.25) is 0 Å². The van der Waals surface area contributed by atoms with E-state index in [-0.39, 0.29) is 5.82 Å². The predicted octanol–water partition coefficient (Wildman–Crippen LogP) is 2.15. The smallest absolute Gasteiger partial charge is 0.187 e. The van der Waals surface area contributed by atoms with Crippen LogP contribution >= 0.6 is 0 Å². The van der Waals surface area contributed by atoms with Crippen molar-refractivity contribution in [1.29, 1.82) is 0 Å². The fraction of sp³-hybridized carbons (Fsp3) is 0.714. The summed E-state index contributed by atoms with van der Waals surface area (Å²) in [6, 6.07) is 0.348. The highest BCUT2D eigenvalue weighted by atomic mass is 19.1. The van der Waals surface area contributed by atoms with E-state index in [2.05, 4.69) is 27.1 Å². The first-order valence-corrected chi connectivity index (χ1v) is 7.24. The highest BCUT2D eigenvalue weighted by molar-refractivity contribution is 5.43. The van der Waals surface area contributed by atoms with Crippen molar-refractivity contribution in [3.63, 3.8) is 0 Å². The molecular weight excluding hydrogens is 243 g/mol. The number of rotatable bonds is 6. The quantitative estimate of drug-likeness (QED) is 0.801. The number of nitrogens with one attached hydrogen (secondary N) is 1. The maximum atomic E-state index is 14.3. The molecule has 1 aromatic rings. The zero-order valence-corrected chi connectivity index (χ0v) is 11.8. The molecule has 1 aliphatic rings. The van der Waals surface area contributed by atoms with Gasteiger partial charge in [0.05, 0.1) is 5.69 Å². The van der Waals surface area contributed by atoms with Crippen molar-refractivity contribution in [2.75, 3.05) is 24.5 Å². The van der Waals surface area contributed by atoms with Crippen LogP contribution in [0, 0.1) is 5.82 Å². The molecule has 0 radical (unpaired) electrons. The van der Waals surface area contributed by atoms with Gasteiger partial charge in [0.1, 0.15) is 6.33 Å². The SMILES string of the molecule is CCCNCC1CCCN1c1ncnc(CC)c1F. The predicted molar refractivity (Wildman–Crippen MR) is 74.9 cm³/mol. The van der Waals surface area contributed by atoms with Crippen molar-refractivity contribution in [3.05, 3.63) is 17.8 Å². The van der Waals surface area contributed by atoms with E-state index < -0.39 is 0 Å². The maximum absolute atomic E-state index is 14.3. The van der Waals surface area contributed by atoms with Gasteiger partial charge in [-0.2, -0.15) is 0 Å². The van der Waals surface area contributed by atoms with E-state index in [1.54, 1.807) is 0 Å². The molecule has 1 saturated heterocycles. The van der Waals surface area contributed by atoms with E-state index in [9.17, 15) is 4.39 Å². The van der Waals surface area contributed by atoms with Crippen molar-refractivity contribution < 1.29 is 4.39 Å². The number of anilines is 1. The first-order valence-electron chi connectivity index (χ1n) is 7.24. The lowest BCUT2D eigenvalue weighted by atomic mass is 10.2. The second-order valence-electron chi connectivity index (χ2n) is 5.01. The number of nitrogens with zero attached hydrogens (tertiary/aromatic N) is 3. The van der Waals surface area contributed by atoms with Gasteiger partial charge in [-0.1, -0.05) is 13.8 Å². The normalized spacial score (nSPS) is 19.1. The summed E-state index contributed by atoms with van der Waals surface area (Å²) in [7, 11) is 0. The summed E-state index contributed by atoms with van der Waals surface area (Å²) >= 11 is 0. The van der Waals surface area contributed by atoms with Crippen LogP contribution in [0.4, 0.5) is 10.2 Å². The molecule has 0 bridgehead atoms. The highest BCUT2D eigenvalue weighted by Gasteiger charge is 2.28. The summed E-state index contributed by atoms with van der Waals surface area (Å²) in [5, 5.41) is 3.42. The molecule has 4 nitrogen and oxygen atoms in total. The Hall–Kier alpha value is -1.23. The average molecular weight is 266 g/mol. The fourth-order valence-electron chi connectivity index (χ4n) is 2.61. The molecule has 5 heteroatoms. The molecule has 1 aromatic heterocycles. The zero-order valence-electron chi connectivity index (χ0n) is 11.8. The molecule has 0 amide bonds. The van der Waals surface area contributed by atoms with E-state index >= 15 is 0 Å². The van der Waals surface area contributed by atoms with Gasteiger partial charge in [0, 0.05) is 19.1 Å². The Morgan fingerprint density at radius 3 is 3.00 bits per heavy atom. The average Bonchev–Trinajstić information content (AvgIpc) is 2.88. The van der Waals surface area contributed by atoms with Gasteiger partial charge in [-0.25, -0.2) is 14.4 Å². The van der Waals surface area contributed by atoms with E-state index in [4.69, 9.17) is 0 Å². The second kappa shape index (κ2) is 6.80. The minimum Gasteiger partial charge on any atom is -0.350 e. The maximum Gasteiger partial charge on any atom is 0.187 e. The molecular formula is C14H23FN4. The zero-order chi connectivity index (χ0) is 13.7. The number of aromatic nitrogens is 2. The van der Waals surface area contributed by atoms with E-state index in [0.717, 1.165) is 38.9 Å². The molecule has 1 N–H and O–H groups in total. The number of halogens is 1. The van der Waals surface area contributed by atoms with Gasteiger partial charge < -0.3 is 10.2 Å². The van der Waals surface area contributed by atoms with Crippen LogP contribution in [0.2, 0.25) is 0 Å². The summed E-state index contributed by atoms with van der Waals surface area (Å²) in [5.74, 6) is 0.236. The summed E-state index contributed by atoms with van der Waals surface area (Å²) < 4.78 is 14.3. The lowest BCUT2D eigenvalue weighted by Crippen LogP contribution is -2.39. The Morgan fingerprint density at radius 1 is 1.42 bits per heavy atom. The fourth-order valence-corrected chi connectivity index (χ4v) is 2.61. The third-order valence-corrected chi connectivity index (χ3v) is 3.63. The van der Waals surface area contributed by atoms with Gasteiger partial charge >= 0.3 is 0 Å². The number of hydrogen-bond acceptors (Lipinski definition) is 4. The molecule has 2 rings (SSSR count). The first-order chi connectivity index (χ1) is 9.27. The van der Waals surface area contributed by atoms with Gasteiger partial charge in [-0.05, 0) is 32.2 Å². The molecule has 1 unspecified atom stereocenters. The lowest BCUT2D eigenvalue weighted by Gasteiger charge is -2.26. The van der Waals surface area contributed by atoms with Crippen molar-refractivity contribution in [2.24, 2.45) is 0 Å². The van der Waals surface area contributed by atoms with Crippen molar-refractivity contribution >= 4 is 5.82 Å². The molecule has 0 saturated carbocycles. The third-order valence-electron chi connectivity index (χ3n) is 3.63. The van der Waals surface area contributed by atoms with Crippen LogP contribution in [0.25, 0.3) is 0 Å². The molecule has 0 aliphatic carbocycles. The minimum absolute atomic E-state index is 0.243. The molecule has 2 heterocycles. The summed E-state index contributed by atoms with van der Waals surface area (Å²) in [4.78, 5) is 10.3. The molecule has 0 aromatic carbocycles. The van der Waals surface area contributed by atoms with Crippen LogP contribution in [-0.4, -0.2) is 35.6 Å². The van der Waals surface area contributed by atoms with Gasteiger partial charge in [0.25, 0.3) is 0 Å². The van der Waals surface area contributed by atoms with Crippen molar-refractivity contribution in [1.82, 2.24) is 15.3 Å². The standard InChI is InChI=1S/C14H23FN4/c1-3-7-16-9-11-6-5-8-19(11)14-13(15)12(4-2)17-10-18-14/h10-11,16H,3-9H2,1-2H3. The molecule has 1 atom stereocenters. The highest BCUT2D eigenvalue weighted by Crippen LogP contribution is 2.26. The van der Waals surface area contributed by atoms with Crippen LogP contribution in [0.1, 0.15) is 38.8 Å². The summed E-state index contributed by atoms with van der Waals surface area (Å²) in [6.45, 7) is 6.86. The Bertz CT molecular complexity index is 410. The van der Waals surface area contributed by atoms with E-state index in [0.29, 0.717) is 24.0 Å². The summed E-state index contributed by atoms with van der Waals surface area (Å²) in [5.41, 5.74) is 0.511. The van der Waals surface area contributed by atoms with Crippen LogP contribution in [0.3, 0.4) is 0 Å². The minimum atomic E-state index is -0.243.